The average molecular weight is 320 g/mol. The van der Waals surface area contributed by atoms with Crippen molar-refractivity contribution in [3.8, 4) is 0 Å². The van der Waals surface area contributed by atoms with Crippen molar-refractivity contribution < 1.29 is 14.5 Å². The first-order chi connectivity index (χ1) is 11.1. The van der Waals surface area contributed by atoms with Crippen LogP contribution in [-0.4, -0.2) is 35.0 Å². The molecule has 1 unspecified atom stereocenters. The number of non-ortho nitro benzene ring substituents is 1. The minimum atomic E-state index is -0.415. The summed E-state index contributed by atoms with van der Waals surface area (Å²) in [7, 11) is 0. The zero-order valence-electron chi connectivity index (χ0n) is 13.7. The molecule has 1 fully saturated rings. The van der Waals surface area contributed by atoms with Crippen LogP contribution in [0.15, 0.2) is 24.3 Å². The summed E-state index contributed by atoms with van der Waals surface area (Å²) in [4.78, 5) is 24.5. The first-order valence-corrected chi connectivity index (χ1v) is 8.26. The maximum atomic E-state index is 12.1. The number of benzene rings is 1. The maximum Gasteiger partial charge on any atom is 0.325 e. The summed E-state index contributed by atoms with van der Waals surface area (Å²) in [5.74, 6) is -0.202. The summed E-state index contributed by atoms with van der Waals surface area (Å²) in [5.41, 5.74) is 1.00. The van der Waals surface area contributed by atoms with Crippen molar-refractivity contribution in [2.24, 2.45) is 0 Å². The molecule has 1 heterocycles. The lowest BCUT2D eigenvalue weighted by atomic mass is 10.1. The second kappa shape index (κ2) is 8.06. The van der Waals surface area contributed by atoms with Crippen LogP contribution in [0, 0.1) is 10.1 Å². The molecule has 0 saturated carbocycles. The molecule has 0 aromatic heterocycles. The van der Waals surface area contributed by atoms with Gasteiger partial charge in [0.2, 0.25) is 0 Å². The number of carbonyl (C=O) groups is 1. The average Bonchev–Trinajstić information content (AvgIpc) is 3.26. The normalized spacial score (nSPS) is 22.6. The Kier molecular flexibility index (Phi) is 6.10. The number of esters is 1. The van der Waals surface area contributed by atoms with Gasteiger partial charge in [-0.2, -0.15) is 0 Å². The van der Waals surface area contributed by atoms with E-state index in [0.717, 1.165) is 24.9 Å². The van der Waals surface area contributed by atoms with Gasteiger partial charge in [-0.15, -0.1) is 0 Å². The molecule has 3 atom stereocenters. The molecule has 0 amide bonds. The standard InChI is InChI=1S/C17H24N2O4/c1-3-5-6-7-12-18-15(16(18)17(20)23-4-2)13-8-10-14(11-9-13)19(21)22/h8-11,15-16H,3-7,12H2,1-2H3/t15-,16+,18?/m1/s1. The molecule has 1 saturated heterocycles. The van der Waals surface area contributed by atoms with Gasteiger partial charge < -0.3 is 4.74 Å². The smallest absolute Gasteiger partial charge is 0.325 e. The fraction of sp³-hybridized carbons (Fsp3) is 0.588. The van der Waals surface area contributed by atoms with E-state index >= 15 is 0 Å². The molecule has 6 nitrogen and oxygen atoms in total. The lowest BCUT2D eigenvalue weighted by molar-refractivity contribution is -0.384. The fourth-order valence-electron chi connectivity index (χ4n) is 2.93. The van der Waals surface area contributed by atoms with E-state index in [9.17, 15) is 14.9 Å². The van der Waals surface area contributed by atoms with Crippen LogP contribution in [-0.2, 0) is 9.53 Å². The molecule has 1 aromatic rings. The van der Waals surface area contributed by atoms with Gasteiger partial charge in [0, 0.05) is 12.1 Å². The molecule has 23 heavy (non-hydrogen) atoms. The molecule has 6 heteroatoms. The van der Waals surface area contributed by atoms with Gasteiger partial charge in [0.25, 0.3) is 5.69 Å². The second-order valence-corrected chi connectivity index (χ2v) is 5.79. The maximum absolute atomic E-state index is 12.1. The number of hydrogen-bond donors (Lipinski definition) is 0. The Labute approximate surface area is 136 Å². The number of rotatable bonds is 9. The van der Waals surface area contributed by atoms with Crippen LogP contribution in [0.3, 0.4) is 0 Å². The Morgan fingerprint density at radius 2 is 1.91 bits per heavy atom. The quantitative estimate of drug-likeness (QED) is 0.229. The summed E-state index contributed by atoms with van der Waals surface area (Å²) < 4.78 is 5.15. The van der Waals surface area contributed by atoms with Crippen molar-refractivity contribution in [3.63, 3.8) is 0 Å². The molecular weight excluding hydrogens is 296 g/mol. The first-order valence-electron chi connectivity index (χ1n) is 8.26. The summed E-state index contributed by atoms with van der Waals surface area (Å²) in [6.07, 6.45) is 4.57. The largest absolute Gasteiger partial charge is 0.465 e. The third-order valence-electron chi connectivity index (χ3n) is 4.17. The SMILES string of the molecule is CCCCCCN1[C@H](C(=O)OCC)[C@H]1c1ccc([N+](=O)[O-])cc1. The molecule has 2 rings (SSSR count). The van der Waals surface area contributed by atoms with E-state index in [2.05, 4.69) is 11.8 Å². The van der Waals surface area contributed by atoms with E-state index in [0.29, 0.717) is 6.61 Å². The highest BCUT2D eigenvalue weighted by Gasteiger charge is 2.53. The Bertz CT molecular complexity index is 544. The minimum absolute atomic E-state index is 0.0171. The molecule has 1 aromatic carbocycles. The topological polar surface area (TPSA) is 72.5 Å². The van der Waals surface area contributed by atoms with Gasteiger partial charge in [-0.3, -0.25) is 19.8 Å². The molecular formula is C17H24N2O4. The van der Waals surface area contributed by atoms with Crippen LogP contribution in [0.25, 0.3) is 0 Å². The van der Waals surface area contributed by atoms with Gasteiger partial charge in [-0.1, -0.05) is 38.3 Å². The fourth-order valence-corrected chi connectivity index (χ4v) is 2.93. The van der Waals surface area contributed by atoms with E-state index in [-0.39, 0.29) is 23.7 Å². The second-order valence-electron chi connectivity index (χ2n) is 5.79. The lowest BCUT2D eigenvalue weighted by Gasteiger charge is -2.04. The summed E-state index contributed by atoms with van der Waals surface area (Å²) >= 11 is 0. The van der Waals surface area contributed by atoms with Gasteiger partial charge in [-0.25, -0.2) is 0 Å². The Balaban J connectivity index is 2.03. The molecule has 1 aliphatic heterocycles. The van der Waals surface area contributed by atoms with Crippen LogP contribution < -0.4 is 0 Å². The van der Waals surface area contributed by atoms with Gasteiger partial charge in [0.1, 0.15) is 6.04 Å². The van der Waals surface area contributed by atoms with E-state index in [1.807, 2.05) is 0 Å². The van der Waals surface area contributed by atoms with Gasteiger partial charge >= 0.3 is 5.97 Å². The molecule has 0 spiro atoms. The highest BCUT2D eigenvalue weighted by Crippen LogP contribution is 2.44. The molecule has 126 valence electrons. The predicted molar refractivity (Wildman–Crippen MR) is 87.1 cm³/mol. The van der Waals surface area contributed by atoms with E-state index in [1.54, 1.807) is 19.1 Å². The third kappa shape index (κ3) is 4.28. The van der Waals surface area contributed by atoms with Crippen molar-refractivity contribution in [2.45, 2.75) is 51.6 Å². The van der Waals surface area contributed by atoms with Crippen molar-refractivity contribution in [1.82, 2.24) is 4.90 Å². The summed E-state index contributed by atoms with van der Waals surface area (Å²) in [6.45, 7) is 5.18. The zero-order chi connectivity index (χ0) is 16.8. The number of nitrogens with zero attached hydrogens (tertiary/aromatic N) is 2. The van der Waals surface area contributed by atoms with Crippen LogP contribution in [0.5, 0.6) is 0 Å². The minimum Gasteiger partial charge on any atom is -0.465 e. The van der Waals surface area contributed by atoms with Crippen LogP contribution in [0.2, 0.25) is 0 Å². The predicted octanol–water partition coefficient (Wildman–Crippen LogP) is 3.46. The lowest BCUT2D eigenvalue weighted by Crippen LogP contribution is -2.16. The number of carbonyl (C=O) groups excluding carboxylic acids is 1. The molecule has 1 aliphatic rings. The first kappa shape index (κ1) is 17.4. The Hall–Kier alpha value is -1.95. The van der Waals surface area contributed by atoms with Crippen molar-refractivity contribution >= 4 is 11.7 Å². The van der Waals surface area contributed by atoms with Crippen LogP contribution in [0.1, 0.15) is 51.1 Å². The van der Waals surface area contributed by atoms with Crippen molar-refractivity contribution in [2.75, 3.05) is 13.2 Å². The number of unbranched alkanes of at least 4 members (excludes halogenated alkanes) is 3. The highest BCUT2D eigenvalue weighted by molar-refractivity contribution is 5.80. The number of hydrogen-bond acceptors (Lipinski definition) is 5. The third-order valence-corrected chi connectivity index (χ3v) is 4.17. The summed E-state index contributed by atoms with van der Waals surface area (Å²) in [6, 6.07) is 6.19. The zero-order valence-corrected chi connectivity index (χ0v) is 13.7. The summed E-state index contributed by atoms with van der Waals surface area (Å²) in [5, 5.41) is 10.7. The number of ether oxygens (including phenoxy) is 1. The molecule has 0 N–H and O–H groups in total. The molecule has 0 aliphatic carbocycles. The highest BCUT2D eigenvalue weighted by atomic mass is 16.6. The Morgan fingerprint density at radius 3 is 2.48 bits per heavy atom. The van der Waals surface area contributed by atoms with E-state index in [4.69, 9.17) is 4.74 Å². The van der Waals surface area contributed by atoms with Gasteiger partial charge in [0.15, 0.2) is 0 Å². The number of nitro benzene ring substituents is 1. The van der Waals surface area contributed by atoms with Gasteiger partial charge in [0.05, 0.1) is 17.6 Å². The Morgan fingerprint density at radius 1 is 1.22 bits per heavy atom. The number of nitro groups is 1. The van der Waals surface area contributed by atoms with Crippen molar-refractivity contribution in [1.29, 1.82) is 0 Å². The van der Waals surface area contributed by atoms with E-state index in [1.165, 1.54) is 25.0 Å². The molecule has 0 radical (unpaired) electrons. The monoisotopic (exact) mass is 320 g/mol. The van der Waals surface area contributed by atoms with Crippen LogP contribution in [0.4, 0.5) is 5.69 Å². The van der Waals surface area contributed by atoms with E-state index < -0.39 is 4.92 Å². The van der Waals surface area contributed by atoms with Crippen molar-refractivity contribution in [3.05, 3.63) is 39.9 Å². The van der Waals surface area contributed by atoms with Gasteiger partial charge in [-0.05, 0) is 25.5 Å². The molecule has 0 bridgehead atoms. The van der Waals surface area contributed by atoms with Crippen LogP contribution >= 0.6 is 0 Å².